The van der Waals surface area contributed by atoms with Crippen LogP contribution in [0.25, 0.3) is 0 Å². The second-order valence-electron chi connectivity index (χ2n) is 4.29. The highest BCUT2D eigenvalue weighted by Crippen LogP contribution is 2.25. The van der Waals surface area contributed by atoms with Crippen LogP contribution in [0, 0.1) is 0 Å². The van der Waals surface area contributed by atoms with E-state index >= 15 is 0 Å². The fourth-order valence-electron chi connectivity index (χ4n) is 1.45. The van der Waals surface area contributed by atoms with Crippen molar-refractivity contribution >= 4 is 29.1 Å². The Bertz CT molecular complexity index is 443. The summed E-state index contributed by atoms with van der Waals surface area (Å²) < 4.78 is -1.47. The summed E-state index contributed by atoms with van der Waals surface area (Å²) >= 11 is 11.3. The molecule has 6 heteroatoms. The summed E-state index contributed by atoms with van der Waals surface area (Å²) in [7, 11) is 0. The maximum Gasteiger partial charge on any atom is 0.256 e. The maximum absolute atomic E-state index is 11.5. The van der Waals surface area contributed by atoms with Crippen LogP contribution in [0.3, 0.4) is 0 Å². The summed E-state index contributed by atoms with van der Waals surface area (Å²) in [6.45, 7) is 3.19. The van der Waals surface area contributed by atoms with E-state index in [4.69, 9.17) is 23.2 Å². The normalized spacial score (nSPS) is 13.1. The van der Waals surface area contributed by atoms with Gasteiger partial charge in [-0.1, -0.05) is 29.3 Å². The molecule has 0 aliphatic carbocycles. The van der Waals surface area contributed by atoms with Gasteiger partial charge in [-0.15, -0.1) is 0 Å². The molecule has 0 aliphatic rings. The molecule has 0 saturated heterocycles. The van der Waals surface area contributed by atoms with Crippen molar-refractivity contribution in [1.29, 1.82) is 0 Å². The third kappa shape index (κ3) is 4.27. The van der Waals surface area contributed by atoms with E-state index in [1.54, 1.807) is 13.0 Å². The summed E-state index contributed by atoms with van der Waals surface area (Å²) in [6.07, 6.45) is 0.490. The lowest BCUT2D eigenvalue weighted by Gasteiger charge is -2.19. The van der Waals surface area contributed by atoms with Crippen molar-refractivity contribution in [3.8, 4) is 11.5 Å². The highest BCUT2D eigenvalue weighted by atomic mass is 35.5. The van der Waals surface area contributed by atoms with Gasteiger partial charge in [-0.3, -0.25) is 4.79 Å². The number of hydrogen-bond acceptors (Lipinski definition) is 3. The third-order valence-corrected chi connectivity index (χ3v) is 2.70. The molecule has 1 amide bonds. The van der Waals surface area contributed by atoms with Crippen LogP contribution in [0.5, 0.6) is 11.5 Å². The van der Waals surface area contributed by atoms with Crippen LogP contribution < -0.4 is 5.32 Å². The maximum atomic E-state index is 11.5. The van der Waals surface area contributed by atoms with Gasteiger partial charge in [0.05, 0.1) is 0 Å². The summed E-state index contributed by atoms with van der Waals surface area (Å²) in [5.41, 5.74) is 0.781. The molecule has 1 atom stereocenters. The smallest absolute Gasteiger partial charge is 0.256 e. The average molecular weight is 292 g/mol. The number of amides is 1. The molecule has 0 unspecified atom stereocenters. The number of alkyl halides is 2. The SMILES string of the molecule is C[C@H](Cc1ccc(O)c(O)c1)NC(=O)C(C)(Cl)Cl. The summed E-state index contributed by atoms with van der Waals surface area (Å²) in [6, 6.07) is 4.31. The Balaban J connectivity index is 2.62. The number of halogens is 2. The van der Waals surface area contributed by atoms with Crippen LogP contribution in [0.1, 0.15) is 19.4 Å². The Morgan fingerprint density at radius 3 is 2.50 bits per heavy atom. The molecular formula is C12H15Cl2NO3. The standard InChI is InChI=1S/C12H15Cl2NO3/c1-7(15-11(18)12(2,13)14)5-8-3-4-9(16)10(17)6-8/h3-4,6-7,16-17H,5H2,1-2H3,(H,15,18)/t7-/m1/s1. The minimum atomic E-state index is -1.47. The lowest BCUT2D eigenvalue weighted by molar-refractivity contribution is -0.122. The van der Waals surface area contributed by atoms with Gasteiger partial charge >= 0.3 is 0 Å². The van der Waals surface area contributed by atoms with Crippen LogP contribution in [0.4, 0.5) is 0 Å². The van der Waals surface area contributed by atoms with Crippen LogP contribution >= 0.6 is 23.2 Å². The molecule has 0 spiro atoms. The Hall–Kier alpha value is -1.13. The summed E-state index contributed by atoms with van der Waals surface area (Å²) in [4.78, 5) is 11.5. The van der Waals surface area contributed by atoms with Crippen LogP contribution in [0.15, 0.2) is 18.2 Å². The van der Waals surface area contributed by atoms with E-state index < -0.39 is 10.2 Å². The molecule has 1 aromatic carbocycles. The van der Waals surface area contributed by atoms with Gasteiger partial charge in [-0.05, 0) is 38.0 Å². The largest absolute Gasteiger partial charge is 0.504 e. The van der Waals surface area contributed by atoms with Gasteiger partial charge in [0, 0.05) is 6.04 Å². The number of carbonyl (C=O) groups is 1. The van der Waals surface area contributed by atoms with E-state index in [0.29, 0.717) is 6.42 Å². The number of nitrogens with one attached hydrogen (secondary N) is 1. The molecule has 1 aromatic rings. The van der Waals surface area contributed by atoms with Crippen LogP contribution in [-0.2, 0) is 11.2 Å². The number of phenolic OH excluding ortho intramolecular Hbond substituents is 2. The van der Waals surface area contributed by atoms with Crippen molar-refractivity contribution in [3.63, 3.8) is 0 Å². The summed E-state index contributed by atoms with van der Waals surface area (Å²) in [5.74, 6) is -0.837. The molecule has 3 N–H and O–H groups in total. The molecule has 100 valence electrons. The predicted octanol–water partition coefficient (Wildman–Crippen LogP) is 2.34. The lowest BCUT2D eigenvalue weighted by atomic mass is 10.1. The van der Waals surface area contributed by atoms with E-state index in [1.165, 1.54) is 19.1 Å². The van der Waals surface area contributed by atoms with Gasteiger partial charge in [0.15, 0.2) is 15.8 Å². The number of rotatable bonds is 4. The van der Waals surface area contributed by atoms with Gasteiger partial charge in [0.25, 0.3) is 5.91 Å². The molecule has 1 rings (SSSR count). The second-order valence-corrected chi connectivity index (χ2v) is 6.00. The first-order chi connectivity index (χ1) is 8.20. The van der Waals surface area contributed by atoms with Crippen molar-refractivity contribution < 1.29 is 15.0 Å². The topological polar surface area (TPSA) is 69.6 Å². The van der Waals surface area contributed by atoms with E-state index in [-0.39, 0.29) is 17.5 Å². The van der Waals surface area contributed by atoms with Crippen molar-refractivity contribution in [3.05, 3.63) is 23.8 Å². The Morgan fingerprint density at radius 2 is 2.00 bits per heavy atom. The van der Waals surface area contributed by atoms with Crippen molar-refractivity contribution in [2.24, 2.45) is 0 Å². The quantitative estimate of drug-likeness (QED) is 0.589. The van der Waals surface area contributed by atoms with Crippen LogP contribution in [-0.4, -0.2) is 26.5 Å². The van der Waals surface area contributed by atoms with E-state index in [2.05, 4.69) is 5.32 Å². The molecule has 18 heavy (non-hydrogen) atoms. The number of phenols is 2. The zero-order chi connectivity index (χ0) is 13.9. The average Bonchev–Trinajstić information content (AvgIpc) is 2.22. The van der Waals surface area contributed by atoms with Gasteiger partial charge in [-0.2, -0.15) is 0 Å². The Kier molecular flexibility index (Phi) is 4.71. The van der Waals surface area contributed by atoms with Crippen molar-refractivity contribution in [2.45, 2.75) is 30.6 Å². The zero-order valence-electron chi connectivity index (χ0n) is 10.1. The first-order valence-electron chi connectivity index (χ1n) is 5.40. The molecular weight excluding hydrogens is 277 g/mol. The predicted molar refractivity (Wildman–Crippen MR) is 71.2 cm³/mol. The molecule has 0 aliphatic heterocycles. The number of benzene rings is 1. The molecule has 0 saturated carbocycles. The Labute approximate surface area is 116 Å². The number of carbonyl (C=O) groups excluding carboxylic acids is 1. The first-order valence-corrected chi connectivity index (χ1v) is 6.15. The fourth-order valence-corrected chi connectivity index (χ4v) is 1.56. The third-order valence-electron chi connectivity index (χ3n) is 2.36. The second kappa shape index (κ2) is 5.67. The molecule has 0 radical (unpaired) electrons. The first kappa shape index (κ1) is 14.9. The molecule has 0 aromatic heterocycles. The highest BCUT2D eigenvalue weighted by Gasteiger charge is 2.28. The lowest BCUT2D eigenvalue weighted by Crippen LogP contribution is -2.42. The van der Waals surface area contributed by atoms with E-state index in [9.17, 15) is 15.0 Å². The molecule has 0 fully saturated rings. The zero-order valence-corrected chi connectivity index (χ0v) is 11.6. The minimum absolute atomic E-state index is 0.176. The number of hydrogen-bond donors (Lipinski definition) is 3. The molecule has 0 heterocycles. The minimum Gasteiger partial charge on any atom is -0.504 e. The van der Waals surface area contributed by atoms with E-state index in [1.807, 2.05) is 0 Å². The van der Waals surface area contributed by atoms with Gasteiger partial charge in [-0.25, -0.2) is 0 Å². The van der Waals surface area contributed by atoms with Crippen molar-refractivity contribution in [1.82, 2.24) is 5.32 Å². The fraction of sp³-hybridized carbons (Fsp3) is 0.417. The van der Waals surface area contributed by atoms with Crippen molar-refractivity contribution in [2.75, 3.05) is 0 Å². The highest BCUT2D eigenvalue weighted by molar-refractivity contribution is 6.57. The van der Waals surface area contributed by atoms with Gasteiger partial charge in [0.1, 0.15) is 0 Å². The Morgan fingerprint density at radius 1 is 1.39 bits per heavy atom. The molecule has 0 bridgehead atoms. The van der Waals surface area contributed by atoms with Crippen LogP contribution in [0.2, 0.25) is 0 Å². The monoisotopic (exact) mass is 291 g/mol. The summed E-state index contributed by atoms with van der Waals surface area (Å²) in [5, 5.41) is 21.2. The molecule has 4 nitrogen and oxygen atoms in total. The number of aromatic hydroxyl groups is 2. The van der Waals surface area contributed by atoms with Gasteiger partial charge in [0.2, 0.25) is 0 Å². The van der Waals surface area contributed by atoms with Gasteiger partial charge < -0.3 is 15.5 Å². The van der Waals surface area contributed by atoms with E-state index in [0.717, 1.165) is 5.56 Å².